The zero-order valence-electron chi connectivity index (χ0n) is 18.2. The minimum atomic E-state index is -2.98. The summed E-state index contributed by atoms with van der Waals surface area (Å²) in [4.78, 5) is 16.1. The van der Waals surface area contributed by atoms with Gasteiger partial charge in [0.2, 0.25) is 5.91 Å². The number of ether oxygens (including phenoxy) is 3. The number of halogens is 2. The minimum absolute atomic E-state index is 0.0727. The van der Waals surface area contributed by atoms with Crippen LogP contribution in [0.5, 0.6) is 17.2 Å². The number of anilines is 1. The van der Waals surface area contributed by atoms with Crippen LogP contribution >= 0.6 is 11.3 Å². The van der Waals surface area contributed by atoms with E-state index >= 15 is 0 Å². The average molecular weight is 475 g/mol. The lowest BCUT2D eigenvalue weighted by Gasteiger charge is -2.37. The van der Waals surface area contributed by atoms with Gasteiger partial charge in [-0.15, -0.1) is 11.3 Å². The third kappa shape index (κ3) is 5.09. The highest BCUT2D eigenvalue weighted by Gasteiger charge is 2.32. The molecular formula is C24H24F2N2O4S. The summed E-state index contributed by atoms with van der Waals surface area (Å²) < 4.78 is 40.9. The van der Waals surface area contributed by atoms with Crippen LogP contribution in [0.15, 0.2) is 53.9 Å². The van der Waals surface area contributed by atoms with Gasteiger partial charge in [0.15, 0.2) is 11.5 Å². The Hall–Kier alpha value is -3.17. The zero-order chi connectivity index (χ0) is 23.4. The number of hydrogen-bond acceptors (Lipinski definition) is 6. The molecule has 0 saturated carbocycles. The number of amides is 1. The van der Waals surface area contributed by atoms with Gasteiger partial charge >= 0.3 is 6.61 Å². The van der Waals surface area contributed by atoms with Crippen molar-refractivity contribution in [2.45, 2.75) is 19.1 Å². The molecule has 1 N–H and O–H groups in total. The Morgan fingerprint density at radius 2 is 1.88 bits per heavy atom. The standard InChI is InChI=1S/C24H24F2N2O4S/c1-30-19-12-15-9-10-28(23(21-8-5-11-33-21)16(15)13-20(19)31-2)14-22(29)27-17-6-3-4-7-18(17)32-24(25)26/h3-8,11-13,23-24H,9-10,14H2,1-2H3,(H,27,29). The van der Waals surface area contributed by atoms with E-state index in [0.717, 1.165) is 22.4 Å². The van der Waals surface area contributed by atoms with Gasteiger partial charge in [0.25, 0.3) is 0 Å². The van der Waals surface area contributed by atoms with Crippen LogP contribution in [-0.2, 0) is 11.2 Å². The van der Waals surface area contributed by atoms with E-state index in [-0.39, 0.29) is 29.9 Å². The predicted octanol–water partition coefficient (Wildman–Crippen LogP) is 4.95. The molecule has 1 amide bonds. The van der Waals surface area contributed by atoms with Gasteiger partial charge in [-0.25, -0.2) is 0 Å². The van der Waals surface area contributed by atoms with E-state index in [0.29, 0.717) is 18.0 Å². The van der Waals surface area contributed by atoms with E-state index in [4.69, 9.17) is 9.47 Å². The van der Waals surface area contributed by atoms with Crippen LogP contribution in [0.1, 0.15) is 22.0 Å². The highest BCUT2D eigenvalue weighted by Crippen LogP contribution is 2.42. The van der Waals surface area contributed by atoms with Gasteiger partial charge in [0.05, 0.1) is 32.5 Å². The molecule has 3 aromatic rings. The number of rotatable bonds is 8. The molecule has 33 heavy (non-hydrogen) atoms. The van der Waals surface area contributed by atoms with Crippen LogP contribution in [0.25, 0.3) is 0 Å². The Balaban J connectivity index is 1.60. The highest BCUT2D eigenvalue weighted by atomic mass is 32.1. The molecule has 1 aromatic heterocycles. The van der Waals surface area contributed by atoms with E-state index in [2.05, 4.69) is 15.0 Å². The van der Waals surface area contributed by atoms with Crippen LogP contribution < -0.4 is 19.5 Å². The quantitative estimate of drug-likeness (QED) is 0.501. The van der Waals surface area contributed by atoms with Crippen LogP contribution in [0.2, 0.25) is 0 Å². The third-order valence-electron chi connectivity index (χ3n) is 5.51. The predicted molar refractivity (Wildman–Crippen MR) is 123 cm³/mol. The monoisotopic (exact) mass is 474 g/mol. The molecule has 2 heterocycles. The summed E-state index contributed by atoms with van der Waals surface area (Å²) in [5, 5.41) is 4.71. The second-order valence-electron chi connectivity index (χ2n) is 7.47. The van der Waals surface area contributed by atoms with Gasteiger partial charge in [0.1, 0.15) is 5.75 Å². The number of benzene rings is 2. The van der Waals surface area contributed by atoms with Crippen LogP contribution in [0.3, 0.4) is 0 Å². The van der Waals surface area contributed by atoms with Gasteiger partial charge < -0.3 is 19.5 Å². The van der Waals surface area contributed by atoms with Gasteiger partial charge in [-0.2, -0.15) is 8.78 Å². The fourth-order valence-electron chi connectivity index (χ4n) is 4.09. The van der Waals surface area contributed by atoms with Crippen LogP contribution in [0, 0.1) is 0 Å². The molecule has 174 valence electrons. The number of fused-ring (bicyclic) bond motifs is 1. The molecule has 0 spiro atoms. The van der Waals surface area contributed by atoms with Crippen LogP contribution in [-0.4, -0.2) is 44.7 Å². The molecular weight excluding hydrogens is 450 g/mol. The van der Waals surface area contributed by atoms with E-state index in [1.165, 1.54) is 12.1 Å². The first-order valence-corrected chi connectivity index (χ1v) is 11.2. The number of hydrogen-bond donors (Lipinski definition) is 1. The van der Waals surface area contributed by atoms with E-state index in [9.17, 15) is 13.6 Å². The average Bonchev–Trinajstić information content (AvgIpc) is 3.33. The van der Waals surface area contributed by atoms with Crippen molar-refractivity contribution in [2.24, 2.45) is 0 Å². The molecule has 1 aliphatic rings. The summed E-state index contributed by atoms with van der Waals surface area (Å²) in [5.74, 6) is 0.910. The number of para-hydroxylation sites is 2. The highest BCUT2D eigenvalue weighted by molar-refractivity contribution is 7.10. The maximum absolute atomic E-state index is 12.9. The van der Waals surface area contributed by atoms with E-state index < -0.39 is 6.61 Å². The number of carbonyl (C=O) groups is 1. The normalized spacial score (nSPS) is 15.7. The smallest absolute Gasteiger partial charge is 0.387 e. The zero-order valence-corrected chi connectivity index (χ0v) is 19.0. The summed E-state index contributed by atoms with van der Waals surface area (Å²) >= 11 is 1.61. The molecule has 6 nitrogen and oxygen atoms in total. The molecule has 2 aromatic carbocycles. The van der Waals surface area contributed by atoms with Crippen molar-refractivity contribution in [1.29, 1.82) is 0 Å². The van der Waals surface area contributed by atoms with E-state index in [1.807, 2.05) is 29.6 Å². The van der Waals surface area contributed by atoms with Gasteiger partial charge in [-0.05, 0) is 53.3 Å². The second-order valence-corrected chi connectivity index (χ2v) is 8.45. The number of thiophene rings is 1. The molecule has 0 bridgehead atoms. The lowest BCUT2D eigenvalue weighted by atomic mass is 9.91. The van der Waals surface area contributed by atoms with Gasteiger partial charge in [-0.1, -0.05) is 18.2 Å². The Morgan fingerprint density at radius 1 is 1.12 bits per heavy atom. The second kappa shape index (κ2) is 10.2. The van der Waals surface area contributed by atoms with Gasteiger partial charge in [-0.3, -0.25) is 9.69 Å². The Bertz CT molecular complexity index is 1110. The van der Waals surface area contributed by atoms with Crippen molar-refractivity contribution in [2.75, 3.05) is 32.6 Å². The number of nitrogens with one attached hydrogen (secondary N) is 1. The number of alkyl halides is 2. The molecule has 9 heteroatoms. The third-order valence-corrected chi connectivity index (χ3v) is 6.43. The van der Waals surface area contributed by atoms with Crippen molar-refractivity contribution in [1.82, 2.24) is 4.90 Å². The van der Waals surface area contributed by atoms with Gasteiger partial charge in [0, 0.05) is 11.4 Å². The molecule has 1 atom stereocenters. The van der Waals surface area contributed by atoms with Crippen molar-refractivity contribution in [3.63, 3.8) is 0 Å². The molecule has 0 radical (unpaired) electrons. The van der Waals surface area contributed by atoms with E-state index in [1.54, 1.807) is 37.7 Å². The lowest BCUT2D eigenvalue weighted by Crippen LogP contribution is -2.41. The molecule has 1 aliphatic heterocycles. The largest absolute Gasteiger partial charge is 0.493 e. The fourth-order valence-corrected chi connectivity index (χ4v) is 4.97. The van der Waals surface area contributed by atoms with Crippen molar-refractivity contribution in [3.05, 3.63) is 69.9 Å². The number of nitrogens with zero attached hydrogens (tertiary/aromatic N) is 1. The first-order valence-electron chi connectivity index (χ1n) is 10.4. The molecule has 0 saturated heterocycles. The summed E-state index contributed by atoms with van der Waals surface area (Å²) in [6.07, 6.45) is 0.732. The lowest BCUT2D eigenvalue weighted by molar-refractivity contribution is -0.117. The Morgan fingerprint density at radius 3 is 2.58 bits per heavy atom. The Labute approximate surface area is 194 Å². The SMILES string of the molecule is COc1cc2c(cc1OC)C(c1cccs1)N(CC(=O)Nc1ccccc1OC(F)F)CC2. The van der Waals surface area contributed by atoms with Crippen molar-refractivity contribution in [3.8, 4) is 17.2 Å². The summed E-state index contributed by atoms with van der Waals surface area (Å²) in [7, 11) is 3.20. The summed E-state index contributed by atoms with van der Waals surface area (Å²) in [5.41, 5.74) is 2.40. The Kier molecular flexibility index (Phi) is 7.10. The topological polar surface area (TPSA) is 60.0 Å². The molecule has 1 unspecified atom stereocenters. The first kappa shape index (κ1) is 23.0. The maximum atomic E-state index is 12.9. The summed E-state index contributed by atoms with van der Waals surface area (Å²) in [6.45, 7) is -2.25. The first-order chi connectivity index (χ1) is 16.0. The number of methoxy groups -OCH3 is 2. The maximum Gasteiger partial charge on any atom is 0.387 e. The molecule has 4 rings (SSSR count). The van der Waals surface area contributed by atoms with Crippen molar-refractivity contribution >= 4 is 22.9 Å². The summed E-state index contributed by atoms with van der Waals surface area (Å²) in [6, 6.07) is 14.0. The molecule has 0 fully saturated rings. The minimum Gasteiger partial charge on any atom is -0.493 e. The number of carbonyl (C=O) groups excluding carboxylic acids is 1. The van der Waals surface area contributed by atoms with Crippen molar-refractivity contribution < 1.29 is 27.8 Å². The molecule has 0 aliphatic carbocycles. The van der Waals surface area contributed by atoms with Crippen LogP contribution in [0.4, 0.5) is 14.5 Å². The fraction of sp³-hybridized carbons (Fsp3) is 0.292.